The molecule has 0 heterocycles. The molecule has 0 aliphatic heterocycles. The third kappa shape index (κ3) is 1.71. The number of carboxylic acids is 1. The van der Waals surface area contributed by atoms with Crippen molar-refractivity contribution in [3.8, 4) is 0 Å². The number of hydrogen-bond acceptors (Lipinski definition) is 1. The highest BCUT2D eigenvalue weighted by Gasteiger charge is 2.05. The van der Waals surface area contributed by atoms with Gasteiger partial charge in [-0.1, -0.05) is 17.7 Å². The fourth-order valence-electron chi connectivity index (χ4n) is 0.748. The molecule has 0 spiro atoms. The number of rotatable bonds is 1. The Hall–Kier alpha value is -1.02. The maximum Gasteiger partial charge on any atom is 0.336 e. The summed E-state index contributed by atoms with van der Waals surface area (Å²) in [7, 11) is 0. The van der Waals surface area contributed by atoms with E-state index in [1.807, 2.05) is 0 Å². The molecule has 1 radical (unpaired) electrons. The lowest BCUT2D eigenvalue weighted by Gasteiger charge is -1.98. The third-order valence-corrected chi connectivity index (χ3v) is 1.54. The van der Waals surface area contributed by atoms with E-state index in [0.29, 0.717) is 10.6 Å². The summed E-state index contributed by atoms with van der Waals surface area (Å²) in [6, 6.07) is 4.56. The van der Waals surface area contributed by atoms with E-state index < -0.39 is 5.97 Å². The highest BCUT2D eigenvalue weighted by Crippen LogP contribution is 2.14. The molecule has 0 fully saturated rings. The minimum atomic E-state index is -1.00. The van der Waals surface area contributed by atoms with Crippen molar-refractivity contribution in [2.24, 2.45) is 0 Å². The predicted molar refractivity (Wildman–Crippen MR) is 42.9 cm³/mol. The van der Waals surface area contributed by atoms with E-state index in [4.69, 9.17) is 16.7 Å². The SMILES string of the molecule is [CH2]c1ccc(Cl)cc1C(=O)O. The highest BCUT2D eigenvalue weighted by molar-refractivity contribution is 6.30. The van der Waals surface area contributed by atoms with Crippen LogP contribution < -0.4 is 0 Å². The molecule has 2 nitrogen and oxygen atoms in total. The van der Waals surface area contributed by atoms with Crippen molar-refractivity contribution in [3.05, 3.63) is 41.3 Å². The van der Waals surface area contributed by atoms with Crippen LogP contribution in [0.4, 0.5) is 0 Å². The first-order valence-corrected chi connectivity index (χ1v) is 3.34. The zero-order valence-corrected chi connectivity index (χ0v) is 6.43. The molecule has 11 heavy (non-hydrogen) atoms. The monoisotopic (exact) mass is 169 g/mol. The molecule has 1 N–H and O–H groups in total. The number of halogens is 1. The van der Waals surface area contributed by atoms with Gasteiger partial charge in [0.15, 0.2) is 0 Å². The second kappa shape index (κ2) is 2.93. The Morgan fingerprint density at radius 3 is 2.64 bits per heavy atom. The van der Waals surface area contributed by atoms with E-state index in [9.17, 15) is 4.79 Å². The van der Waals surface area contributed by atoms with Gasteiger partial charge in [0.1, 0.15) is 0 Å². The van der Waals surface area contributed by atoms with Crippen molar-refractivity contribution in [3.63, 3.8) is 0 Å². The fraction of sp³-hybridized carbons (Fsp3) is 0. The molecule has 3 heteroatoms. The normalized spacial score (nSPS) is 9.64. The standard InChI is InChI=1S/C8H6ClO2/c1-5-2-3-6(9)4-7(5)8(10)11/h2-4H,1H2,(H,10,11). The molecule has 1 aromatic rings. The van der Waals surface area contributed by atoms with E-state index in [1.165, 1.54) is 6.07 Å². The van der Waals surface area contributed by atoms with Gasteiger partial charge in [0, 0.05) is 5.02 Å². The topological polar surface area (TPSA) is 37.3 Å². The summed E-state index contributed by atoms with van der Waals surface area (Å²) in [5, 5.41) is 9.00. The van der Waals surface area contributed by atoms with Crippen LogP contribution in [-0.2, 0) is 0 Å². The molecular weight excluding hydrogens is 164 g/mol. The van der Waals surface area contributed by atoms with Crippen molar-refractivity contribution in [1.29, 1.82) is 0 Å². The summed E-state index contributed by atoms with van der Waals surface area (Å²) in [6.07, 6.45) is 0. The lowest BCUT2D eigenvalue weighted by molar-refractivity contribution is 0.0696. The van der Waals surface area contributed by atoms with E-state index in [2.05, 4.69) is 6.92 Å². The molecule has 57 valence electrons. The summed E-state index contributed by atoms with van der Waals surface area (Å²) < 4.78 is 0. The Kier molecular flexibility index (Phi) is 2.15. The first kappa shape index (κ1) is 8.08. The average molecular weight is 170 g/mol. The molecule has 0 bridgehead atoms. The zero-order chi connectivity index (χ0) is 8.43. The average Bonchev–Trinajstić information content (AvgIpc) is 1.94. The van der Waals surface area contributed by atoms with E-state index in [0.717, 1.165) is 0 Å². The Bertz CT molecular complexity index is 294. The van der Waals surface area contributed by atoms with E-state index >= 15 is 0 Å². The molecule has 0 aliphatic carbocycles. The van der Waals surface area contributed by atoms with Crippen LogP contribution in [0.5, 0.6) is 0 Å². The Balaban J connectivity index is 3.23. The van der Waals surface area contributed by atoms with E-state index in [-0.39, 0.29) is 5.56 Å². The third-order valence-electron chi connectivity index (χ3n) is 1.30. The maximum atomic E-state index is 10.5. The summed E-state index contributed by atoms with van der Waals surface area (Å²) >= 11 is 5.57. The van der Waals surface area contributed by atoms with Gasteiger partial charge in [-0.3, -0.25) is 0 Å². The van der Waals surface area contributed by atoms with Crippen LogP contribution in [0.25, 0.3) is 0 Å². The molecule has 1 aromatic carbocycles. The molecule has 0 amide bonds. The van der Waals surface area contributed by atoms with Crippen molar-refractivity contribution >= 4 is 17.6 Å². The van der Waals surface area contributed by atoms with Crippen LogP contribution in [0.15, 0.2) is 18.2 Å². The van der Waals surface area contributed by atoms with Crippen LogP contribution in [0.3, 0.4) is 0 Å². The van der Waals surface area contributed by atoms with Gasteiger partial charge in [0.25, 0.3) is 0 Å². The molecule has 0 saturated heterocycles. The number of hydrogen-bond donors (Lipinski definition) is 1. The molecular formula is C8H6ClO2. The quantitative estimate of drug-likeness (QED) is 0.700. The Morgan fingerprint density at radius 1 is 1.55 bits per heavy atom. The fourth-order valence-corrected chi connectivity index (χ4v) is 0.920. The number of carboxylic acid groups (broad SMARTS) is 1. The molecule has 0 aromatic heterocycles. The first-order chi connectivity index (χ1) is 5.11. The second-order valence-corrected chi connectivity index (χ2v) is 2.54. The summed E-state index contributed by atoms with van der Waals surface area (Å²) in [5.41, 5.74) is 0.624. The van der Waals surface area contributed by atoms with Crippen LogP contribution in [0.2, 0.25) is 5.02 Å². The largest absolute Gasteiger partial charge is 0.478 e. The summed E-state index contributed by atoms with van der Waals surface area (Å²) in [6.45, 7) is 3.54. The first-order valence-electron chi connectivity index (χ1n) is 2.96. The second-order valence-electron chi connectivity index (χ2n) is 2.11. The van der Waals surface area contributed by atoms with Gasteiger partial charge < -0.3 is 5.11 Å². The smallest absolute Gasteiger partial charge is 0.336 e. The van der Waals surface area contributed by atoms with Crippen molar-refractivity contribution < 1.29 is 9.90 Å². The lowest BCUT2D eigenvalue weighted by Crippen LogP contribution is -1.98. The van der Waals surface area contributed by atoms with Crippen molar-refractivity contribution in [2.75, 3.05) is 0 Å². The van der Waals surface area contributed by atoms with Crippen molar-refractivity contribution in [1.82, 2.24) is 0 Å². The minimum Gasteiger partial charge on any atom is -0.478 e. The molecule has 0 atom stereocenters. The summed E-state index contributed by atoms with van der Waals surface area (Å²) in [5.74, 6) is -1.00. The molecule has 1 rings (SSSR count). The van der Waals surface area contributed by atoms with Crippen LogP contribution >= 0.6 is 11.6 Å². The summed E-state index contributed by atoms with van der Waals surface area (Å²) in [4.78, 5) is 10.5. The van der Waals surface area contributed by atoms with Gasteiger partial charge in [0.2, 0.25) is 0 Å². The number of carbonyl (C=O) groups is 1. The molecule has 0 saturated carbocycles. The maximum absolute atomic E-state index is 10.5. The van der Waals surface area contributed by atoms with E-state index in [1.54, 1.807) is 12.1 Å². The van der Waals surface area contributed by atoms with Gasteiger partial charge in [-0.25, -0.2) is 4.79 Å². The lowest BCUT2D eigenvalue weighted by atomic mass is 10.1. The van der Waals surface area contributed by atoms with Crippen LogP contribution in [0, 0.1) is 6.92 Å². The van der Waals surface area contributed by atoms with Gasteiger partial charge in [-0.15, -0.1) is 0 Å². The van der Waals surface area contributed by atoms with Gasteiger partial charge in [-0.2, -0.15) is 0 Å². The van der Waals surface area contributed by atoms with Gasteiger partial charge in [-0.05, 0) is 24.6 Å². The van der Waals surface area contributed by atoms with Gasteiger partial charge in [0.05, 0.1) is 5.56 Å². The number of aromatic carboxylic acids is 1. The van der Waals surface area contributed by atoms with Gasteiger partial charge >= 0.3 is 5.97 Å². The number of benzene rings is 1. The highest BCUT2D eigenvalue weighted by atomic mass is 35.5. The Morgan fingerprint density at radius 2 is 2.18 bits per heavy atom. The molecule has 0 aliphatic rings. The molecule has 0 unspecified atom stereocenters. The van der Waals surface area contributed by atoms with Crippen LogP contribution in [-0.4, -0.2) is 11.1 Å². The zero-order valence-electron chi connectivity index (χ0n) is 5.67. The predicted octanol–water partition coefficient (Wildman–Crippen LogP) is 2.22. The Labute approximate surface area is 69.4 Å². The minimum absolute atomic E-state index is 0.150. The van der Waals surface area contributed by atoms with Crippen LogP contribution in [0.1, 0.15) is 15.9 Å². The van der Waals surface area contributed by atoms with Crippen molar-refractivity contribution in [2.45, 2.75) is 0 Å².